The van der Waals surface area contributed by atoms with Crippen LogP contribution in [0.2, 0.25) is 0 Å². The second-order valence-corrected chi connectivity index (χ2v) is 11.0. The fraction of sp³-hybridized carbons (Fsp3) is 0.455. The molecule has 9 heteroatoms. The van der Waals surface area contributed by atoms with Crippen molar-refractivity contribution in [1.82, 2.24) is 15.0 Å². The maximum absolute atomic E-state index is 13.0. The zero-order valence-corrected chi connectivity index (χ0v) is 18.1. The van der Waals surface area contributed by atoms with E-state index in [0.717, 1.165) is 22.9 Å². The Kier molecular flexibility index (Phi) is 4.10. The number of fused-ring (bicyclic) bond motifs is 4. The second kappa shape index (κ2) is 6.67. The van der Waals surface area contributed by atoms with Gasteiger partial charge in [0.25, 0.3) is 0 Å². The van der Waals surface area contributed by atoms with Gasteiger partial charge in [-0.2, -0.15) is 0 Å². The molecule has 2 aliphatic heterocycles. The Hall–Kier alpha value is -2.65. The summed E-state index contributed by atoms with van der Waals surface area (Å²) in [6.45, 7) is 2.31. The number of aromatic amines is 1. The van der Waals surface area contributed by atoms with Gasteiger partial charge in [-0.3, -0.25) is 0 Å². The topological polar surface area (TPSA) is 97.4 Å². The monoisotopic (exact) mass is 440 g/mol. The number of nitrogens with one attached hydrogen (secondary N) is 1. The van der Waals surface area contributed by atoms with Gasteiger partial charge in [0.2, 0.25) is 0 Å². The molecule has 6 rings (SSSR count). The third-order valence-electron chi connectivity index (χ3n) is 6.91. The van der Waals surface area contributed by atoms with Crippen LogP contribution in [-0.2, 0) is 19.3 Å². The molecular weight excluding hydrogens is 416 g/mol. The molecule has 1 saturated carbocycles. The maximum atomic E-state index is 13.0. The van der Waals surface area contributed by atoms with E-state index in [0.29, 0.717) is 62.3 Å². The molecule has 2 fully saturated rings. The third kappa shape index (κ3) is 2.72. The summed E-state index contributed by atoms with van der Waals surface area (Å²) < 4.78 is 36.7. The summed E-state index contributed by atoms with van der Waals surface area (Å²) in [6.07, 6.45) is 5.17. The van der Waals surface area contributed by atoms with Crippen molar-refractivity contribution in [3.63, 3.8) is 0 Å². The number of nitrogens with zero attached hydrogens (tertiary/aromatic N) is 3. The summed E-state index contributed by atoms with van der Waals surface area (Å²) >= 11 is 0. The molecule has 1 atom stereocenters. The minimum absolute atomic E-state index is 0.0653. The summed E-state index contributed by atoms with van der Waals surface area (Å²) in [6, 6.07) is 8.01. The molecule has 0 radical (unpaired) electrons. The van der Waals surface area contributed by atoms with Crippen LogP contribution in [-0.4, -0.2) is 62.0 Å². The molecule has 1 N–H and O–H groups in total. The van der Waals surface area contributed by atoms with Crippen LogP contribution in [0.1, 0.15) is 25.0 Å². The highest BCUT2D eigenvalue weighted by Gasteiger charge is 2.53. The Morgan fingerprint density at radius 1 is 1.19 bits per heavy atom. The maximum Gasteiger partial charge on any atom is 0.185 e. The molecule has 1 saturated heterocycles. The molecule has 31 heavy (non-hydrogen) atoms. The van der Waals surface area contributed by atoms with Crippen molar-refractivity contribution in [2.75, 3.05) is 37.5 Å². The van der Waals surface area contributed by atoms with E-state index in [4.69, 9.17) is 19.4 Å². The number of anilines is 1. The van der Waals surface area contributed by atoms with Crippen LogP contribution in [0.4, 0.5) is 5.82 Å². The average molecular weight is 441 g/mol. The van der Waals surface area contributed by atoms with E-state index in [1.807, 2.05) is 30.5 Å². The van der Waals surface area contributed by atoms with Crippen LogP contribution in [0.25, 0.3) is 22.3 Å². The zero-order valence-electron chi connectivity index (χ0n) is 17.3. The summed E-state index contributed by atoms with van der Waals surface area (Å²) in [4.78, 5) is 15.3. The lowest BCUT2D eigenvalue weighted by atomic mass is 9.80. The lowest BCUT2D eigenvalue weighted by molar-refractivity contribution is 0.0688. The van der Waals surface area contributed by atoms with Crippen molar-refractivity contribution < 1.29 is 17.9 Å². The molecule has 0 spiro atoms. The van der Waals surface area contributed by atoms with Gasteiger partial charge in [0, 0.05) is 35.5 Å². The van der Waals surface area contributed by atoms with Crippen molar-refractivity contribution >= 4 is 26.6 Å². The van der Waals surface area contributed by atoms with Gasteiger partial charge >= 0.3 is 0 Å². The van der Waals surface area contributed by atoms with Crippen LogP contribution >= 0.6 is 0 Å². The van der Waals surface area contributed by atoms with E-state index in [1.54, 1.807) is 0 Å². The third-order valence-corrected chi connectivity index (χ3v) is 8.93. The van der Waals surface area contributed by atoms with Crippen LogP contribution in [0.5, 0.6) is 5.75 Å². The van der Waals surface area contributed by atoms with E-state index in [2.05, 4.69) is 9.88 Å². The van der Waals surface area contributed by atoms with Gasteiger partial charge < -0.3 is 19.4 Å². The van der Waals surface area contributed by atoms with Crippen molar-refractivity contribution in [1.29, 1.82) is 0 Å². The fourth-order valence-corrected chi connectivity index (χ4v) is 6.53. The number of hydrogen-bond acceptors (Lipinski definition) is 7. The second-order valence-electron chi connectivity index (χ2n) is 8.65. The van der Waals surface area contributed by atoms with E-state index >= 15 is 0 Å². The highest BCUT2D eigenvalue weighted by Crippen LogP contribution is 2.53. The minimum atomic E-state index is -3.39. The molecule has 8 nitrogen and oxygen atoms in total. The van der Waals surface area contributed by atoms with Crippen LogP contribution < -0.4 is 9.64 Å². The van der Waals surface area contributed by atoms with Gasteiger partial charge in [-0.1, -0.05) is 12.1 Å². The standard InChI is InChI=1S/C22H24N4O4S/c1-31(27,28)22(7-3-8-22)19-18-21(26-10-11-29-12-14(26)13-30-18)25-20(24-19)16-4-2-5-17-15(16)6-9-23-17/h2,4-6,9,14,23H,3,7-8,10-13H2,1H3. The Morgan fingerprint density at radius 3 is 2.84 bits per heavy atom. The number of hydrogen-bond donors (Lipinski definition) is 1. The molecule has 1 unspecified atom stereocenters. The van der Waals surface area contributed by atoms with Crippen LogP contribution in [0.3, 0.4) is 0 Å². The summed E-state index contributed by atoms with van der Waals surface area (Å²) in [5.74, 6) is 1.74. The first-order valence-electron chi connectivity index (χ1n) is 10.6. The molecule has 1 aromatic carbocycles. The number of benzene rings is 1. The fourth-order valence-electron chi connectivity index (χ4n) is 5.01. The molecular formula is C22H24N4O4S. The van der Waals surface area contributed by atoms with E-state index < -0.39 is 14.6 Å². The molecule has 2 aromatic heterocycles. The number of ether oxygens (including phenoxy) is 2. The first kappa shape index (κ1) is 19.1. The summed E-state index contributed by atoms with van der Waals surface area (Å²) in [5.41, 5.74) is 2.38. The Morgan fingerprint density at radius 2 is 2.06 bits per heavy atom. The van der Waals surface area contributed by atoms with Gasteiger partial charge in [-0.05, 0) is 31.4 Å². The summed E-state index contributed by atoms with van der Waals surface area (Å²) in [5, 5.41) is 1.01. The first-order valence-corrected chi connectivity index (χ1v) is 12.5. The number of morpholine rings is 1. The number of H-pyrrole nitrogens is 1. The van der Waals surface area contributed by atoms with Gasteiger partial charge in [-0.25, -0.2) is 18.4 Å². The van der Waals surface area contributed by atoms with Crippen LogP contribution in [0.15, 0.2) is 30.5 Å². The Bertz CT molecular complexity index is 1280. The average Bonchev–Trinajstić information content (AvgIpc) is 3.20. The minimum Gasteiger partial charge on any atom is -0.486 e. The Balaban J connectivity index is 1.63. The first-order chi connectivity index (χ1) is 15.0. The van der Waals surface area contributed by atoms with Crippen molar-refractivity contribution in [2.24, 2.45) is 0 Å². The highest BCUT2D eigenvalue weighted by molar-refractivity contribution is 7.91. The summed E-state index contributed by atoms with van der Waals surface area (Å²) in [7, 11) is -3.39. The van der Waals surface area contributed by atoms with Crippen molar-refractivity contribution in [2.45, 2.75) is 30.1 Å². The molecule has 162 valence electrons. The molecule has 3 aliphatic rings. The SMILES string of the molecule is CS(=O)(=O)C1(c2nc(-c3cccc4[nH]ccc34)nc3c2OCC2COCCN32)CCC1. The van der Waals surface area contributed by atoms with E-state index in [1.165, 1.54) is 6.26 Å². The smallest absolute Gasteiger partial charge is 0.185 e. The van der Waals surface area contributed by atoms with E-state index in [-0.39, 0.29) is 6.04 Å². The largest absolute Gasteiger partial charge is 0.486 e. The quantitative estimate of drug-likeness (QED) is 0.669. The van der Waals surface area contributed by atoms with E-state index in [9.17, 15) is 8.42 Å². The Labute approximate surface area is 180 Å². The molecule has 0 amide bonds. The lowest BCUT2D eigenvalue weighted by Crippen LogP contribution is -2.52. The normalized spacial score (nSPS) is 22.4. The predicted octanol–water partition coefficient (Wildman–Crippen LogP) is 2.65. The molecule has 1 aliphatic carbocycles. The van der Waals surface area contributed by atoms with Crippen molar-refractivity contribution in [3.05, 3.63) is 36.2 Å². The van der Waals surface area contributed by atoms with Gasteiger partial charge in [0.15, 0.2) is 27.2 Å². The van der Waals surface area contributed by atoms with Gasteiger partial charge in [0.05, 0.1) is 19.3 Å². The number of sulfone groups is 1. The van der Waals surface area contributed by atoms with Gasteiger partial charge in [0.1, 0.15) is 17.0 Å². The van der Waals surface area contributed by atoms with Crippen molar-refractivity contribution in [3.8, 4) is 17.1 Å². The number of aromatic nitrogens is 3. The highest BCUT2D eigenvalue weighted by atomic mass is 32.2. The zero-order chi connectivity index (χ0) is 21.2. The molecule has 4 heterocycles. The van der Waals surface area contributed by atoms with Gasteiger partial charge in [-0.15, -0.1) is 0 Å². The van der Waals surface area contributed by atoms with Crippen LogP contribution in [0, 0.1) is 0 Å². The molecule has 0 bridgehead atoms. The lowest BCUT2D eigenvalue weighted by Gasteiger charge is -2.44. The number of rotatable bonds is 3. The predicted molar refractivity (Wildman–Crippen MR) is 117 cm³/mol. The molecule has 3 aromatic rings.